The van der Waals surface area contributed by atoms with Gasteiger partial charge < -0.3 is 5.32 Å². The Morgan fingerprint density at radius 2 is 2.15 bits per heavy atom. The van der Waals surface area contributed by atoms with Gasteiger partial charge in [-0.1, -0.05) is 37.1 Å². The van der Waals surface area contributed by atoms with Crippen LogP contribution in [0.25, 0.3) is 11.4 Å². The third-order valence-corrected chi connectivity index (χ3v) is 6.84. The van der Waals surface area contributed by atoms with Crippen molar-refractivity contribution in [1.82, 2.24) is 20.1 Å². The van der Waals surface area contributed by atoms with Crippen molar-refractivity contribution in [1.29, 1.82) is 0 Å². The van der Waals surface area contributed by atoms with Crippen molar-refractivity contribution < 1.29 is 4.79 Å². The molecule has 2 aromatic rings. The number of allylic oxidation sites excluding steroid dienone is 1. The van der Waals surface area contributed by atoms with Gasteiger partial charge in [0.1, 0.15) is 0 Å². The average molecular weight is 391 g/mol. The van der Waals surface area contributed by atoms with E-state index in [1.54, 1.807) is 11.3 Å². The number of thiophene rings is 1. The largest absolute Gasteiger partial charge is 0.353 e. The first-order chi connectivity index (χ1) is 12.6. The third-order valence-electron chi connectivity index (χ3n) is 4.86. The number of nitrogens with zero attached hydrogens (tertiary/aromatic N) is 3. The molecule has 1 aliphatic carbocycles. The lowest BCUT2D eigenvalue weighted by atomic mass is 9.95. The molecule has 1 amide bonds. The normalized spacial score (nSPS) is 15.2. The molecule has 1 fully saturated rings. The highest BCUT2D eigenvalue weighted by Gasteiger charge is 2.19. The zero-order valence-electron chi connectivity index (χ0n) is 15.5. The number of rotatable bonds is 7. The van der Waals surface area contributed by atoms with Crippen LogP contribution in [0.15, 0.2) is 23.2 Å². The van der Waals surface area contributed by atoms with Crippen LogP contribution < -0.4 is 5.32 Å². The minimum absolute atomic E-state index is 0.0826. The van der Waals surface area contributed by atoms with Crippen LogP contribution in [0.3, 0.4) is 0 Å². The monoisotopic (exact) mass is 390 g/mol. The molecule has 0 saturated heterocycles. The second kappa shape index (κ2) is 8.86. The molecule has 1 saturated carbocycles. The number of aryl methyl sites for hydroxylation is 1. The van der Waals surface area contributed by atoms with Crippen LogP contribution in [-0.4, -0.2) is 32.5 Å². The van der Waals surface area contributed by atoms with Gasteiger partial charge in [-0.05, 0) is 32.3 Å². The van der Waals surface area contributed by atoms with E-state index in [0.717, 1.165) is 29.4 Å². The smallest absolute Gasteiger partial charge is 0.230 e. The summed E-state index contributed by atoms with van der Waals surface area (Å²) in [5, 5.41) is 14.8. The first-order valence-electron chi connectivity index (χ1n) is 9.11. The van der Waals surface area contributed by atoms with Gasteiger partial charge in [-0.15, -0.1) is 28.1 Å². The molecule has 0 unspecified atom stereocenters. The molecule has 2 heterocycles. The van der Waals surface area contributed by atoms with E-state index in [4.69, 9.17) is 0 Å². The summed E-state index contributed by atoms with van der Waals surface area (Å²) in [5.41, 5.74) is 2.35. The quantitative estimate of drug-likeness (QED) is 0.564. The highest BCUT2D eigenvalue weighted by Crippen LogP contribution is 2.31. The Kier molecular flexibility index (Phi) is 6.53. The Morgan fingerprint density at radius 1 is 1.38 bits per heavy atom. The number of nitrogens with one attached hydrogen (secondary N) is 1. The first-order valence-corrected chi connectivity index (χ1v) is 11.0. The molecule has 0 spiro atoms. The van der Waals surface area contributed by atoms with Crippen LogP contribution in [0.5, 0.6) is 0 Å². The van der Waals surface area contributed by atoms with Gasteiger partial charge in [-0.3, -0.25) is 9.36 Å². The number of aromatic nitrogens is 3. The van der Waals surface area contributed by atoms with Crippen LogP contribution in [0.4, 0.5) is 0 Å². The second-order valence-corrected chi connectivity index (χ2v) is 8.75. The van der Waals surface area contributed by atoms with Gasteiger partial charge in [0, 0.05) is 28.4 Å². The highest BCUT2D eigenvalue weighted by molar-refractivity contribution is 7.99. The fraction of sp³-hybridized carbons (Fsp3) is 0.526. The molecule has 140 valence electrons. The van der Waals surface area contributed by atoms with Crippen LogP contribution >= 0.6 is 23.1 Å². The summed E-state index contributed by atoms with van der Waals surface area (Å²) in [6, 6.07) is 0.342. The van der Waals surface area contributed by atoms with E-state index in [-0.39, 0.29) is 5.91 Å². The van der Waals surface area contributed by atoms with E-state index < -0.39 is 0 Å². The van der Waals surface area contributed by atoms with E-state index in [0.29, 0.717) is 18.3 Å². The standard InChI is InChI=1S/C19H26N4OS2/c1-4-10-23-18(16-11-25-14(3)13(16)2)21-22-19(23)26-12-17(24)20-15-8-6-5-7-9-15/h4,11,15H,1,5-10,12H2,2-3H3,(H,20,24). The predicted molar refractivity (Wildman–Crippen MR) is 109 cm³/mol. The molecule has 0 atom stereocenters. The van der Waals surface area contributed by atoms with Gasteiger partial charge in [0.2, 0.25) is 5.91 Å². The van der Waals surface area contributed by atoms with Gasteiger partial charge >= 0.3 is 0 Å². The van der Waals surface area contributed by atoms with Crippen LogP contribution in [0, 0.1) is 13.8 Å². The van der Waals surface area contributed by atoms with E-state index >= 15 is 0 Å². The number of hydrogen-bond acceptors (Lipinski definition) is 5. The maximum Gasteiger partial charge on any atom is 0.230 e. The Hall–Kier alpha value is -1.60. The fourth-order valence-corrected chi connectivity index (χ4v) is 4.89. The van der Waals surface area contributed by atoms with Gasteiger partial charge in [0.15, 0.2) is 11.0 Å². The minimum atomic E-state index is 0.0826. The van der Waals surface area contributed by atoms with Crippen LogP contribution in [0.1, 0.15) is 42.5 Å². The van der Waals surface area contributed by atoms with Crippen molar-refractivity contribution in [2.24, 2.45) is 0 Å². The summed E-state index contributed by atoms with van der Waals surface area (Å²) in [5.74, 6) is 1.30. The molecule has 0 aliphatic heterocycles. The van der Waals surface area contributed by atoms with E-state index in [1.165, 1.54) is 41.5 Å². The van der Waals surface area contributed by atoms with Crippen molar-refractivity contribution in [3.8, 4) is 11.4 Å². The fourth-order valence-electron chi connectivity index (χ4n) is 3.27. The molecule has 1 aliphatic rings. The molecule has 5 nitrogen and oxygen atoms in total. The first kappa shape index (κ1) is 19.2. The van der Waals surface area contributed by atoms with E-state index in [1.807, 2.05) is 10.6 Å². The summed E-state index contributed by atoms with van der Waals surface area (Å²) in [6.45, 7) is 8.70. The number of hydrogen-bond donors (Lipinski definition) is 1. The van der Waals surface area contributed by atoms with Gasteiger partial charge in [0.05, 0.1) is 5.75 Å². The van der Waals surface area contributed by atoms with Crippen molar-refractivity contribution in [3.05, 3.63) is 28.5 Å². The Labute approximate surface area is 163 Å². The molecule has 3 rings (SSSR count). The lowest BCUT2D eigenvalue weighted by Crippen LogP contribution is -2.37. The Balaban J connectivity index is 1.68. The van der Waals surface area contributed by atoms with E-state index in [9.17, 15) is 4.79 Å². The summed E-state index contributed by atoms with van der Waals surface area (Å²) in [4.78, 5) is 13.6. The zero-order valence-corrected chi connectivity index (χ0v) is 17.1. The van der Waals surface area contributed by atoms with Crippen molar-refractivity contribution in [2.75, 3.05) is 5.75 Å². The molecule has 0 radical (unpaired) electrons. The third kappa shape index (κ3) is 4.38. The highest BCUT2D eigenvalue weighted by atomic mass is 32.2. The maximum absolute atomic E-state index is 12.3. The predicted octanol–water partition coefficient (Wildman–Crippen LogP) is 4.35. The summed E-state index contributed by atoms with van der Waals surface area (Å²) in [7, 11) is 0. The molecule has 2 aromatic heterocycles. The molecular formula is C19H26N4OS2. The Bertz CT molecular complexity index is 775. The van der Waals surface area contributed by atoms with Gasteiger partial charge in [-0.25, -0.2) is 0 Å². The number of carbonyl (C=O) groups excluding carboxylic acids is 1. The minimum Gasteiger partial charge on any atom is -0.353 e. The summed E-state index contributed by atoms with van der Waals surface area (Å²) < 4.78 is 2.04. The number of amides is 1. The van der Waals surface area contributed by atoms with Crippen molar-refractivity contribution >= 4 is 29.0 Å². The van der Waals surface area contributed by atoms with Gasteiger partial charge in [-0.2, -0.15) is 0 Å². The maximum atomic E-state index is 12.3. The average Bonchev–Trinajstić information content (AvgIpc) is 3.18. The van der Waals surface area contributed by atoms with E-state index in [2.05, 4.69) is 41.3 Å². The van der Waals surface area contributed by atoms with Crippen LogP contribution in [0.2, 0.25) is 0 Å². The topological polar surface area (TPSA) is 59.8 Å². The van der Waals surface area contributed by atoms with Gasteiger partial charge in [0.25, 0.3) is 0 Å². The summed E-state index contributed by atoms with van der Waals surface area (Å²) >= 11 is 3.17. The molecule has 7 heteroatoms. The lowest BCUT2D eigenvalue weighted by molar-refractivity contribution is -0.119. The summed E-state index contributed by atoms with van der Waals surface area (Å²) in [6.07, 6.45) is 7.76. The Morgan fingerprint density at radius 3 is 2.81 bits per heavy atom. The zero-order chi connectivity index (χ0) is 18.5. The lowest BCUT2D eigenvalue weighted by Gasteiger charge is -2.22. The molecule has 0 bridgehead atoms. The van der Waals surface area contributed by atoms with Crippen LogP contribution in [-0.2, 0) is 11.3 Å². The number of thioether (sulfide) groups is 1. The molecular weight excluding hydrogens is 364 g/mol. The molecule has 26 heavy (non-hydrogen) atoms. The van der Waals surface area contributed by atoms with Crippen molar-refractivity contribution in [2.45, 2.75) is 63.7 Å². The SMILES string of the molecule is C=CCn1c(SCC(=O)NC2CCCCC2)nnc1-c1csc(C)c1C. The number of carbonyl (C=O) groups is 1. The van der Waals surface area contributed by atoms with Crippen molar-refractivity contribution in [3.63, 3.8) is 0 Å². The molecule has 1 N–H and O–H groups in total. The second-order valence-electron chi connectivity index (χ2n) is 6.73. The molecule has 0 aromatic carbocycles.